The van der Waals surface area contributed by atoms with Gasteiger partial charge < -0.3 is 9.47 Å². The molecule has 1 aromatic heterocycles. The summed E-state index contributed by atoms with van der Waals surface area (Å²) in [5, 5.41) is 1.33. The normalized spacial score (nSPS) is 10.9. The van der Waals surface area contributed by atoms with Gasteiger partial charge in [0.1, 0.15) is 11.5 Å². The number of nitrogens with zero attached hydrogens (tertiary/aromatic N) is 2. The molecule has 0 saturated heterocycles. The lowest BCUT2D eigenvalue weighted by atomic mass is 10.2. The van der Waals surface area contributed by atoms with Gasteiger partial charge in [-0.25, -0.2) is 4.98 Å². The summed E-state index contributed by atoms with van der Waals surface area (Å²) in [4.78, 5) is 17.9. The van der Waals surface area contributed by atoms with Gasteiger partial charge in [0.05, 0.1) is 30.7 Å². The zero-order valence-corrected chi connectivity index (χ0v) is 18.2. The molecular weight excluding hydrogens is 408 g/mol. The SMILES string of the molecule is CCOc1ccc(OCCSc2nc3ccccc3c(=O)n2Cc2ccccc2)cc1. The highest BCUT2D eigenvalue weighted by molar-refractivity contribution is 7.99. The van der Waals surface area contributed by atoms with Gasteiger partial charge in [-0.3, -0.25) is 9.36 Å². The molecule has 6 heteroatoms. The summed E-state index contributed by atoms with van der Waals surface area (Å²) in [6, 6.07) is 25.0. The molecule has 0 aliphatic heterocycles. The van der Waals surface area contributed by atoms with E-state index in [1.165, 1.54) is 11.8 Å². The first-order chi connectivity index (χ1) is 15.2. The molecule has 0 aliphatic carbocycles. The van der Waals surface area contributed by atoms with E-state index in [9.17, 15) is 4.79 Å². The quantitative estimate of drug-likeness (QED) is 0.211. The average Bonchev–Trinajstić information content (AvgIpc) is 2.81. The Morgan fingerprint density at radius 3 is 2.29 bits per heavy atom. The molecule has 0 aliphatic rings. The number of para-hydroxylation sites is 1. The molecule has 0 radical (unpaired) electrons. The highest BCUT2D eigenvalue weighted by Gasteiger charge is 2.12. The zero-order chi connectivity index (χ0) is 21.5. The predicted octanol–water partition coefficient (Wildman–Crippen LogP) is 5.01. The van der Waals surface area contributed by atoms with Crippen LogP contribution in [0.3, 0.4) is 0 Å². The summed E-state index contributed by atoms with van der Waals surface area (Å²) in [5.41, 5.74) is 1.75. The maximum Gasteiger partial charge on any atom is 0.262 e. The van der Waals surface area contributed by atoms with E-state index in [0.29, 0.717) is 41.6 Å². The van der Waals surface area contributed by atoms with E-state index in [2.05, 4.69) is 0 Å². The van der Waals surface area contributed by atoms with Crippen molar-refractivity contribution in [1.29, 1.82) is 0 Å². The summed E-state index contributed by atoms with van der Waals surface area (Å²) in [7, 11) is 0. The molecule has 0 saturated carbocycles. The van der Waals surface area contributed by atoms with Crippen molar-refractivity contribution in [3.63, 3.8) is 0 Å². The molecule has 0 amide bonds. The molecule has 0 N–H and O–H groups in total. The predicted molar refractivity (Wildman–Crippen MR) is 125 cm³/mol. The third kappa shape index (κ3) is 5.27. The highest BCUT2D eigenvalue weighted by Crippen LogP contribution is 2.21. The standard InChI is InChI=1S/C25H24N2O3S/c1-2-29-20-12-14-21(15-13-20)30-16-17-31-25-26-23-11-7-6-10-22(23)24(28)27(25)18-19-8-4-3-5-9-19/h3-15H,2,16-18H2,1H3. The van der Waals surface area contributed by atoms with Crippen LogP contribution in [-0.2, 0) is 6.54 Å². The number of aromatic nitrogens is 2. The Morgan fingerprint density at radius 1 is 0.871 bits per heavy atom. The first kappa shape index (κ1) is 21.0. The number of fused-ring (bicyclic) bond motifs is 1. The third-order valence-corrected chi connectivity index (χ3v) is 5.67. The maximum atomic E-state index is 13.2. The number of benzene rings is 3. The number of hydrogen-bond donors (Lipinski definition) is 0. The van der Waals surface area contributed by atoms with Crippen LogP contribution in [0.4, 0.5) is 0 Å². The Labute approximate surface area is 185 Å². The fraction of sp³-hybridized carbons (Fsp3) is 0.200. The van der Waals surface area contributed by atoms with Crippen molar-refractivity contribution in [1.82, 2.24) is 9.55 Å². The minimum absolute atomic E-state index is 0.0237. The highest BCUT2D eigenvalue weighted by atomic mass is 32.2. The molecule has 0 fully saturated rings. The molecule has 5 nitrogen and oxygen atoms in total. The van der Waals surface area contributed by atoms with Crippen molar-refractivity contribution >= 4 is 22.7 Å². The van der Waals surface area contributed by atoms with Gasteiger partial charge in [-0.2, -0.15) is 0 Å². The van der Waals surface area contributed by atoms with Gasteiger partial charge >= 0.3 is 0 Å². The number of rotatable bonds is 9. The van der Waals surface area contributed by atoms with Crippen molar-refractivity contribution in [3.05, 3.63) is 94.8 Å². The fourth-order valence-electron chi connectivity index (χ4n) is 3.25. The largest absolute Gasteiger partial charge is 0.494 e. The van der Waals surface area contributed by atoms with Gasteiger partial charge in [0, 0.05) is 5.75 Å². The molecule has 3 aromatic carbocycles. The molecule has 0 unspecified atom stereocenters. The Bertz CT molecular complexity index is 1190. The van der Waals surface area contributed by atoms with E-state index in [0.717, 1.165) is 17.1 Å². The van der Waals surface area contributed by atoms with Crippen molar-refractivity contribution in [3.8, 4) is 11.5 Å². The van der Waals surface area contributed by atoms with Gasteiger partial charge in [-0.1, -0.05) is 54.2 Å². The van der Waals surface area contributed by atoms with E-state index in [1.54, 1.807) is 4.57 Å². The lowest BCUT2D eigenvalue weighted by Gasteiger charge is -2.13. The number of hydrogen-bond acceptors (Lipinski definition) is 5. The minimum atomic E-state index is -0.0237. The summed E-state index contributed by atoms with van der Waals surface area (Å²) in [6.45, 7) is 3.59. The van der Waals surface area contributed by atoms with E-state index in [1.807, 2.05) is 85.8 Å². The third-order valence-electron chi connectivity index (χ3n) is 4.73. The Morgan fingerprint density at radius 2 is 1.55 bits per heavy atom. The second-order valence-corrected chi connectivity index (χ2v) is 7.95. The van der Waals surface area contributed by atoms with Crippen LogP contribution in [0.1, 0.15) is 12.5 Å². The lowest BCUT2D eigenvalue weighted by Crippen LogP contribution is -2.24. The van der Waals surface area contributed by atoms with Crippen LogP contribution in [-0.4, -0.2) is 28.5 Å². The van der Waals surface area contributed by atoms with Crippen LogP contribution in [0.25, 0.3) is 10.9 Å². The van der Waals surface area contributed by atoms with Gasteiger partial charge in [-0.05, 0) is 48.9 Å². The zero-order valence-electron chi connectivity index (χ0n) is 17.4. The van der Waals surface area contributed by atoms with E-state index < -0.39 is 0 Å². The summed E-state index contributed by atoms with van der Waals surface area (Å²) >= 11 is 1.53. The van der Waals surface area contributed by atoms with E-state index in [-0.39, 0.29) is 5.56 Å². The summed E-state index contributed by atoms with van der Waals surface area (Å²) in [5.74, 6) is 2.29. The molecule has 1 heterocycles. The molecule has 4 aromatic rings. The van der Waals surface area contributed by atoms with Gasteiger partial charge in [0.2, 0.25) is 0 Å². The van der Waals surface area contributed by atoms with E-state index in [4.69, 9.17) is 14.5 Å². The van der Waals surface area contributed by atoms with Gasteiger partial charge in [0.25, 0.3) is 5.56 Å². The molecule has 31 heavy (non-hydrogen) atoms. The van der Waals surface area contributed by atoms with Crippen LogP contribution >= 0.6 is 11.8 Å². The van der Waals surface area contributed by atoms with Crippen LogP contribution in [0.2, 0.25) is 0 Å². The molecule has 0 spiro atoms. The number of ether oxygens (including phenoxy) is 2. The summed E-state index contributed by atoms with van der Waals surface area (Å²) < 4.78 is 13.0. The second-order valence-electron chi connectivity index (χ2n) is 6.89. The van der Waals surface area contributed by atoms with Crippen molar-refractivity contribution in [2.75, 3.05) is 19.0 Å². The van der Waals surface area contributed by atoms with Gasteiger partial charge in [0.15, 0.2) is 5.16 Å². The molecule has 0 atom stereocenters. The average molecular weight is 433 g/mol. The van der Waals surface area contributed by atoms with Crippen LogP contribution < -0.4 is 15.0 Å². The minimum Gasteiger partial charge on any atom is -0.494 e. The first-order valence-corrected chi connectivity index (χ1v) is 11.2. The monoisotopic (exact) mass is 432 g/mol. The molecule has 158 valence electrons. The van der Waals surface area contributed by atoms with Crippen LogP contribution in [0.5, 0.6) is 11.5 Å². The summed E-state index contributed by atoms with van der Waals surface area (Å²) in [6.07, 6.45) is 0. The Hall–Kier alpha value is -3.25. The Balaban J connectivity index is 1.49. The van der Waals surface area contributed by atoms with Crippen molar-refractivity contribution in [2.24, 2.45) is 0 Å². The maximum absolute atomic E-state index is 13.2. The van der Waals surface area contributed by atoms with Crippen molar-refractivity contribution < 1.29 is 9.47 Å². The van der Waals surface area contributed by atoms with Crippen LogP contribution in [0, 0.1) is 0 Å². The van der Waals surface area contributed by atoms with Gasteiger partial charge in [-0.15, -0.1) is 0 Å². The van der Waals surface area contributed by atoms with Crippen molar-refractivity contribution in [2.45, 2.75) is 18.6 Å². The number of thioether (sulfide) groups is 1. The second kappa shape index (κ2) is 10.2. The molecular formula is C25H24N2O3S. The Kier molecular flexibility index (Phi) is 6.89. The van der Waals surface area contributed by atoms with E-state index >= 15 is 0 Å². The molecule has 0 bridgehead atoms. The lowest BCUT2D eigenvalue weighted by molar-refractivity contribution is 0.332. The fourth-order valence-corrected chi connectivity index (χ4v) is 4.07. The topological polar surface area (TPSA) is 53.4 Å². The van der Waals surface area contributed by atoms with Crippen LogP contribution in [0.15, 0.2) is 88.8 Å². The smallest absolute Gasteiger partial charge is 0.262 e. The molecule has 4 rings (SSSR count). The first-order valence-electron chi connectivity index (χ1n) is 10.3.